The quantitative estimate of drug-likeness (QED) is 0.815. The van der Waals surface area contributed by atoms with Crippen LogP contribution in [-0.2, 0) is 9.47 Å². The first-order chi connectivity index (χ1) is 8.95. The number of rotatable bonds is 4. The maximum absolute atomic E-state index is 9.83. The number of ether oxygens (including phenoxy) is 2. The van der Waals surface area contributed by atoms with Crippen LogP contribution in [0.15, 0.2) is 36.9 Å². The van der Waals surface area contributed by atoms with Crippen molar-refractivity contribution in [2.75, 3.05) is 6.61 Å². The Labute approximate surface area is 110 Å². The van der Waals surface area contributed by atoms with Gasteiger partial charge >= 0.3 is 12.3 Å². The molecule has 6 heteroatoms. The zero-order chi connectivity index (χ0) is 14.7. The molecule has 1 aromatic carbocycles. The second-order valence-electron chi connectivity index (χ2n) is 3.39. The highest BCUT2D eigenvalue weighted by molar-refractivity contribution is 5.58. The van der Waals surface area contributed by atoms with Gasteiger partial charge in [-0.2, -0.15) is 0 Å². The molecular weight excluding hydrogens is 252 g/mol. The van der Waals surface area contributed by atoms with Crippen molar-refractivity contribution in [2.24, 2.45) is 0 Å². The van der Waals surface area contributed by atoms with Gasteiger partial charge in [-0.05, 0) is 12.5 Å². The Hall–Kier alpha value is -2.50. The summed E-state index contributed by atoms with van der Waals surface area (Å²) in [5, 5.41) is 16.0. The minimum Gasteiger partial charge on any atom is -0.450 e. The average molecular weight is 268 g/mol. The molecule has 0 spiro atoms. The van der Waals surface area contributed by atoms with Gasteiger partial charge in [-0.25, -0.2) is 9.59 Å². The van der Waals surface area contributed by atoms with Crippen molar-refractivity contribution in [3.05, 3.63) is 42.5 Å². The fourth-order valence-corrected chi connectivity index (χ4v) is 0.984. The molecule has 0 heterocycles. The summed E-state index contributed by atoms with van der Waals surface area (Å²) in [5.41, 5.74) is 1.17. The van der Waals surface area contributed by atoms with Gasteiger partial charge in [-0.3, -0.25) is 0 Å². The third kappa shape index (κ3) is 10.4. The molecule has 0 aliphatic rings. The zero-order valence-electron chi connectivity index (χ0n) is 10.5. The smallest absolute Gasteiger partial charge is 0.450 e. The highest BCUT2D eigenvalue weighted by Gasteiger charge is 2.09. The summed E-state index contributed by atoms with van der Waals surface area (Å²) in [7, 11) is 0. The van der Waals surface area contributed by atoms with E-state index in [-0.39, 0.29) is 6.61 Å². The summed E-state index contributed by atoms with van der Waals surface area (Å²) in [5.74, 6) is 0. The van der Waals surface area contributed by atoms with Gasteiger partial charge in [0.1, 0.15) is 12.7 Å². The average Bonchev–Trinajstić information content (AvgIpc) is 2.37. The summed E-state index contributed by atoms with van der Waals surface area (Å²) in [4.78, 5) is 19.6. The lowest BCUT2D eigenvalue weighted by Crippen LogP contribution is -2.20. The Morgan fingerprint density at radius 1 is 1.26 bits per heavy atom. The van der Waals surface area contributed by atoms with E-state index in [4.69, 9.17) is 10.2 Å². The van der Waals surface area contributed by atoms with Gasteiger partial charge in [0.2, 0.25) is 0 Å². The molecule has 0 bridgehead atoms. The monoisotopic (exact) mass is 268 g/mol. The first kappa shape index (κ1) is 16.5. The summed E-state index contributed by atoms with van der Waals surface area (Å²) >= 11 is 0. The van der Waals surface area contributed by atoms with Crippen LogP contribution in [0.4, 0.5) is 9.59 Å². The Bertz CT molecular complexity index is 401. The SMILES string of the molecule is C=Cc1ccccc1.CC(COC(=O)O)OC(=O)O. The van der Waals surface area contributed by atoms with Crippen LogP contribution in [0.5, 0.6) is 0 Å². The van der Waals surface area contributed by atoms with Crippen molar-refractivity contribution in [1.29, 1.82) is 0 Å². The van der Waals surface area contributed by atoms with Crippen molar-refractivity contribution in [3.8, 4) is 0 Å². The molecule has 0 amide bonds. The maximum atomic E-state index is 9.83. The summed E-state index contributed by atoms with van der Waals surface area (Å²) in [6.45, 7) is 4.73. The van der Waals surface area contributed by atoms with Crippen LogP contribution in [0.1, 0.15) is 12.5 Å². The van der Waals surface area contributed by atoms with Crippen molar-refractivity contribution < 1.29 is 29.3 Å². The van der Waals surface area contributed by atoms with Gasteiger partial charge in [0, 0.05) is 0 Å². The molecule has 0 aromatic heterocycles. The molecule has 0 fully saturated rings. The molecule has 0 saturated heterocycles. The number of carboxylic acid groups (broad SMARTS) is 2. The predicted molar refractivity (Wildman–Crippen MR) is 69.1 cm³/mol. The number of hydrogen-bond donors (Lipinski definition) is 2. The summed E-state index contributed by atoms with van der Waals surface area (Å²) < 4.78 is 8.16. The third-order valence-corrected chi connectivity index (χ3v) is 1.78. The van der Waals surface area contributed by atoms with E-state index in [2.05, 4.69) is 16.1 Å². The molecule has 0 aliphatic heterocycles. The second-order valence-corrected chi connectivity index (χ2v) is 3.39. The third-order valence-electron chi connectivity index (χ3n) is 1.78. The van der Waals surface area contributed by atoms with E-state index in [1.165, 1.54) is 12.5 Å². The van der Waals surface area contributed by atoms with Gasteiger partial charge in [0.05, 0.1) is 0 Å². The van der Waals surface area contributed by atoms with E-state index in [9.17, 15) is 9.59 Å². The van der Waals surface area contributed by atoms with Crippen LogP contribution in [0.25, 0.3) is 6.08 Å². The Kier molecular flexibility index (Phi) is 8.27. The fraction of sp³-hybridized carbons (Fsp3) is 0.231. The van der Waals surface area contributed by atoms with Crippen molar-refractivity contribution in [2.45, 2.75) is 13.0 Å². The van der Waals surface area contributed by atoms with Crippen LogP contribution < -0.4 is 0 Å². The van der Waals surface area contributed by atoms with Gasteiger partial charge in [-0.15, -0.1) is 0 Å². The molecule has 1 unspecified atom stereocenters. The molecule has 1 rings (SSSR count). The van der Waals surface area contributed by atoms with E-state index >= 15 is 0 Å². The first-order valence-corrected chi connectivity index (χ1v) is 5.38. The lowest BCUT2D eigenvalue weighted by atomic mass is 10.2. The molecule has 0 saturated carbocycles. The lowest BCUT2D eigenvalue weighted by molar-refractivity contribution is 0.0122. The van der Waals surface area contributed by atoms with Crippen LogP contribution in [-0.4, -0.2) is 35.2 Å². The fourth-order valence-electron chi connectivity index (χ4n) is 0.984. The lowest BCUT2D eigenvalue weighted by Gasteiger charge is -2.08. The van der Waals surface area contributed by atoms with Crippen molar-refractivity contribution in [1.82, 2.24) is 0 Å². The van der Waals surface area contributed by atoms with Gasteiger partial charge < -0.3 is 19.7 Å². The highest BCUT2D eigenvalue weighted by Crippen LogP contribution is 1.97. The molecule has 0 radical (unpaired) electrons. The minimum atomic E-state index is -1.45. The number of carbonyl (C=O) groups is 2. The highest BCUT2D eigenvalue weighted by atomic mass is 16.7. The van der Waals surface area contributed by atoms with Crippen molar-refractivity contribution in [3.63, 3.8) is 0 Å². The topological polar surface area (TPSA) is 93.1 Å². The molecule has 6 nitrogen and oxygen atoms in total. The Balaban J connectivity index is 0.000000356. The minimum absolute atomic E-state index is 0.290. The maximum Gasteiger partial charge on any atom is 0.506 e. The van der Waals surface area contributed by atoms with Crippen molar-refractivity contribution >= 4 is 18.4 Å². The zero-order valence-corrected chi connectivity index (χ0v) is 10.5. The Morgan fingerprint density at radius 2 is 1.84 bits per heavy atom. The molecule has 0 aliphatic carbocycles. The predicted octanol–water partition coefficient (Wildman–Crippen LogP) is 3.09. The van der Waals surface area contributed by atoms with E-state index in [1.807, 2.05) is 36.4 Å². The number of hydrogen-bond acceptors (Lipinski definition) is 4. The summed E-state index contributed by atoms with van der Waals surface area (Å²) in [6.07, 6.45) is -1.85. The van der Waals surface area contributed by atoms with E-state index < -0.39 is 18.4 Å². The second kappa shape index (κ2) is 9.52. The van der Waals surface area contributed by atoms with Gasteiger partial charge in [0.15, 0.2) is 0 Å². The van der Waals surface area contributed by atoms with E-state index in [1.54, 1.807) is 0 Å². The normalized spacial score (nSPS) is 10.4. The Morgan fingerprint density at radius 3 is 2.21 bits per heavy atom. The van der Waals surface area contributed by atoms with E-state index in [0.717, 1.165) is 0 Å². The first-order valence-electron chi connectivity index (χ1n) is 5.38. The number of benzene rings is 1. The van der Waals surface area contributed by atoms with Crippen LogP contribution >= 0.6 is 0 Å². The standard InChI is InChI=1S/C8H8.C5H8O6/c1-2-8-6-4-3-5-7-8;1-3(11-5(8)9)2-10-4(6)7/h2-7H,1H2;3H,2H2,1H3,(H,6,7)(H,8,9). The largest absolute Gasteiger partial charge is 0.506 e. The molecule has 2 N–H and O–H groups in total. The van der Waals surface area contributed by atoms with Crippen LogP contribution in [0.2, 0.25) is 0 Å². The van der Waals surface area contributed by atoms with Crippen LogP contribution in [0.3, 0.4) is 0 Å². The van der Waals surface area contributed by atoms with E-state index in [0.29, 0.717) is 0 Å². The summed E-state index contributed by atoms with van der Waals surface area (Å²) in [6, 6.07) is 10.0. The molecule has 19 heavy (non-hydrogen) atoms. The molecule has 1 aromatic rings. The molecular formula is C13H16O6. The van der Waals surface area contributed by atoms with Crippen LogP contribution in [0, 0.1) is 0 Å². The molecule has 1 atom stereocenters. The van der Waals surface area contributed by atoms with Gasteiger partial charge in [-0.1, -0.05) is 43.0 Å². The molecule has 104 valence electrons. The van der Waals surface area contributed by atoms with Gasteiger partial charge in [0.25, 0.3) is 0 Å².